The zero-order chi connectivity index (χ0) is 16.2. The minimum atomic E-state index is -0.0173. The average Bonchev–Trinajstić information content (AvgIpc) is 2.55. The van der Waals surface area contributed by atoms with Crippen LogP contribution in [0.1, 0.15) is 49.4 Å². The van der Waals surface area contributed by atoms with E-state index < -0.39 is 0 Å². The van der Waals surface area contributed by atoms with E-state index in [1.807, 2.05) is 12.1 Å². The number of para-hydroxylation sites is 1. The van der Waals surface area contributed by atoms with Crippen molar-refractivity contribution in [2.24, 2.45) is 11.8 Å². The Morgan fingerprint density at radius 3 is 2.65 bits per heavy atom. The number of amides is 1. The molecule has 1 aromatic carbocycles. The molecule has 0 radical (unpaired) electrons. The molecule has 23 heavy (non-hydrogen) atoms. The van der Waals surface area contributed by atoms with Gasteiger partial charge in [-0.3, -0.25) is 9.59 Å². The van der Waals surface area contributed by atoms with Crippen LogP contribution in [0.15, 0.2) is 24.3 Å². The Balaban J connectivity index is 1.57. The summed E-state index contributed by atoms with van der Waals surface area (Å²) < 4.78 is 0. The maximum absolute atomic E-state index is 12.4. The molecule has 2 fully saturated rings. The van der Waals surface area contributed by atoms with Gasteiger partial charge in [0.1, 0.15) is 0 Å². The van der Waals surface area contributed by atoms with Crippen LogP contribution in [0.4, 0.5) is 5.69 Å². The number of hydrogen-bond donors (Lipinski definition) is 2. The first kappa shape index (κ1) is 16.2. The summed E-state index contributed by atoms with van der Waals surface area (Å²) in [6.45, 7) is 4.27. The number of rotatable bonds is 4. The Bertz CT molecular complexity index is 584. The summed E-state index contributed by atoms with van der Waals surface area (Å²) in [5.74, 6) is 1.71. The minimum Gasteiger partial charge on any atom is -0.327 e. The van der Waals surface area contributed by atoms with E-state index in [2.05, 4.69) is 5.32 Å². The maximum atomic E-state index is 12.4. The predicted molar refractivity (Wildman–Crippen MR) is 90.7 cm³/mol. The van der Waals surface area contributed by atoms with Gasteiger partial charge in [-0.05, 0) is 44.2 Å². The van der Waals surface area contributed by atoms with Crippen molar-refractivity contribution in [2.75, 3.05) is 25.0 Å². The first-order chi connectivity index (χ1) is 11.1. The fraction of sp³-hybridized carbons (Fsp3) is 0.579. The molecule has 1 saturated carbocycles. The number of quaternary nitrogens is 1. The Morgan fingerprint density at radius 2 is 1.87 bits per heavy atom. The molecule has 2 aliphatic rings. The number of piperidine rings is 1. The number of nitrogens with one attached hydrogen (secondary N) is 2. The number of fused-ring (bicyclic) bond motifs is 1. The number of benzene rings is 1. The number of anilines is 1. The van der Waals surface area contributed by atoms with Crippen molar-refractivity contribution >= 4 is 17.4 Å². The lowest BCUT2D eigenvalue weighted by atomic mass is 9.75. The van der Waals surface area contributed by atoms with E-state index in [1.165, 1.54) is 43.9 Å². The van der Waals surface area contributed by atoms with E-state index in [9.17, 15) is 9.59 Å². The lowest BCUT2D eigenvalue weighted by Crippen LogP contribution is -3.15. The van der Waals surface area contributed by atoms with Gasteiger partial charge in [0.05, 0.1) is 18.8 Å². The highest BCUT2D eigenvalue weighted by Crippen LogP contribution is 2.32. The predicted octanol–water partition coefficient (Wildman–Crippen LogP) is 1.92. The van der Waals surface area contributed by atoms with Crippen molar-refractivity contribution in [3.05, 3.63) is 29.8 Å². The fourth-order valence-corrected chi connectivity index (χ4v) is 4.28. The number of ketones is 1. The molecule has 0 bridgehead atoms. The Morgan fingerprint density at radius 1 is 1.13 bits per heavy atom. The van der Waals surface area contributed by atoms with Crippen LogP contribution >= 0.6 is 0 Å². The van der Waals surface area contributed by atoms with Crippen LogP contribution in [0.5, 0.6) is 0 Å². The van der Waals surface area contributed by atoms with Crippen molar-refractivity contribution in [3.63, 3.8) is 0 Å². The molecule has 3 atom stereocenters. The topological polar surface area (TPSA) is 50.6 Å². The quantitative estimate of drug-likeness (QED) is 0.834. The highest BCUT2D eigenvalue weighted by Gasteiger charge is 2.34. The van der Waals surface area contributed by atoms with Crippen LogP contribution in [0.2, 0.25) is 0 Å². The molecule has 1 unspecified atom stereocenters. The van der Waals surface area contributed by atoms with E-state index in [1.54, 1.807) is 12.1 Å². The molecule has 4 heteroatoms. The second kappa shape index (κ2) is 7.26. The summed E-state index contributed by atoms with van der Waals surface area (Å²) in [6, 6.07) is 7.24. The number of Topliss-reactive ketones (excluding diaryl/α,β-unsaturated/α-hetero) is 1. The van der Waals surface area contributed by atoms with Gasteiger partial charge in [0.25, 0.3) is 5.91 Å². The number of likely N-dealkylation sites (tertiary alicyclic amines) is 1. The molecule has 1 aliphatic carbocycles. The molecule has 4 nitrogen and oxygen atoms in total. The number of hydrogen-bond acceptors (Lipinski definition) is 2. The van der Waals surface area contributed by atoms with Crippen molar-refractivity contribution < 1.29 is 14.5 Å². The maximum Gasteiger partial charge on any atom is 0.279 e. The normalized spacial score (nSPS) is 27.1. The molecule has 0 spiro atoms. The first-order valence-corrected chi connectivity index (χ1v) is 8.87. The molecule has 1 aromatic rings. The second-order valence-corrected chi connectivity index (χ2v) is 7.12. The van der Waals surface area contributed by atoms with Gasteiger partial charge in [-0.25, -0.2) is 0 Å². The van der Waals surface area contributed by atoms with E-state index in [-0.39, 0.29) is 11.7 Å². The van der Waals surface area contributed by atoms with Gasteiger partial charge in [0.15, 0.2) is 12.3 Å². The lowest BCUT2D eigenvalue weighted by molar-refractivity contribution is -0.902. The molecule has 2 N–H and O–H groups in total. The summed E-state index contributed by atoms with van der Waals surface area (Å²) in [5.41, 5.74) is 1.22. The third-order valence-corrected chi connectivity index (χ3v) is 5.48. The van der Waals surface area contributed by atoms with Crippen LogP contribution in [0.3, 0.4) is 0 Å². The zero-order valence-electron chi connectivity index (χ0n) is 13.9. The molecular weight excluding hydrogens is 288 g/mol. The summed E-state index contributed by atoms with van der Waals surface area (Å²) in [7, 11) is 0. The van der Waals surface area contributed by atoms with E-state index in [0.717, 1.165) is 24.9 Å². The molecular formula is C19H27N2O2+. The van der Waals surface area contributed by atoms with Gasteiger partial charge in [-0.15, -0.1) is 0 Å². The third kappa shape index (κ3) is 3.99. The van der Waals surface area contributed by atoms with Crippen LogP contribution in [0, 0.1) is 11.8 Å². The van der Waals surface area contributed by atoms with Crippen LogP contribution in [0.25, 0.3) is 0 Å². The first-order valence-electron chi connectivity index (χ1n) is 8.87. The minimum absolute atomic E-state index is 0.0166. The van der Waals surface area contributed by atoms with Crippen LogP contribution in [-0.2, 0) is 4.79 Å². The van der Waals surface area contributed by atoms with Crippen LogP contribution in [-0.4, -0.2) is 31.3 Å². The van der Waals surface area contributed by atoms with Crippen molar-refractivity contribution in [1.29, 1.82) is 0 Å². The fourth-order valence-electron chi connectivity index (χ4n) is 4.28. The third-order valence-electron chi connectivity index (χ3n) is 5.48. The molecule has 0 aromatic heterocycles. The van der Waals surface area contributed by atoms with Crippen molar-refractivity contribution in [1.82, 2.24) is 0 Å². The largest absolute Gasteiger partial charge is 0.327 e. The number of carbonyl (C=O) groups excluding carboxylic acids is 2. The number of carbonyl (C=O) groups is 2. The smallest absolute Gasteiger partial charge is 0.279 e. The molecule has 1 saturated heterocycles. The summed E-state index contributed by atoms with van der Waals surface area (Å²) >= 11 is 0. The van der Waals surface area contributed by atoms with Gasteiger partial charge in [0, 0.05) is 11.5 Å². The highest BCUT2D eigenvalue weighted by molar-refractivity contribution is 6.03. The van der Waals surface area contributed by atoms with Gasteiger partial charge in [-0.1, -0.05) is 25.0 Å². The summed E-state index contributed by atoms with van der Waals surface area (Å²) in [4.78, 5) is 25.4. The Kier molecular flexibility index (Phi) is 5.11. The molecule has 1 heterocycles. The SMILES string of the molecule is CC(=O)c1ccccc1NC(=O)C[NH+]1CC[C@H]2CCCC[C@@H]2C1. The van der Waals surface area contributed by atoms with Crippen molar-refractivity contribution in [2.45, 2.75) is 39.0 Å². The monoisotopic (exact) mass is 315 g/mol. The van der Waals surface area contributed by atoms with Gasteiger partial charge in [-0.2, -0.15) is 0 Å². The van der Waals surface area contributed by atoms with Gasteiger partial charge < -0.3 is 10.2 Å². The van der Waals surface area contributed by atoms with E-state index >= 15 is 0 Å². The molecule has 124 valence electrons. The standard InChI is InChI=1S/C19H26N2O2/c1-14(22)17-8-4-5-9-18(17)20-19(23)13-21-11-10-15-6-2-3-7-16(15)12-21/h4-5,8-9,15-16H,2-3,6-7,10-13H2,1H3,(H,20,23)/p+1/t15-,16-/m1/s1. The highest BCUT2D eigenvalue weighted by atomic mass is 16.2. The zero-order valence-corrected chi connectivity index (χ0v) is 13.9. The van der Waals surface area contributed by atoms with Crippen LogP contribution < -0.4 is 10.2 Å². The second-order valence-electron chi connectivity index (χ2n) is 7.12. The average molecular weight is 315 g/mol. The van der Waals surface area contributed by atoms with Gasteiger partial charge >= 0.3 is 0 Å². The molecule has 1 aliphatic heterocycles. The van der Waals surface area contributed by atoms with E-state index in [0.29, 0.717) is 17.8 Å². The van der Waals surface area contributed by atoms with Gasteiger partial charge in [0.2, 0.25) is 0 Å². The molecule has 1 amide bonds. The Labute approximate surface area is 138 Å². The van der Waals surface area contributed by atoms with E-state index in [4.69, 9.17) is 0 Å². The molecule has 3 rings (SSSR count). The van der Waals surface area contributed by atoms with Crippen molar-refractivity contribution in [3.8, 4) is 0 Å². The summed E-state index contributed by atoms with van der Waals surface area (Å²) in [5, 5.41) is 2.93. The summed E-state index contributed by atoms with van der Waals surface area (Å²) in [6.07, 6.45) is 6.72. The lowest BCUT2D eigenvalue weighted by Gasteiger charge is -2.38. The Hall–Kier alpha value is -1.68.